The Morgan fingerprint density at radius 2 is 1.65 bits per heavy atom. The van der Waals surface area contributed by atoms with Crippen LogP contribution in [0.2, 0.25) is 0 Å². The van der Waals surface area contributed by atoms with Crippen LogP contribution in [0, 0.1) is 18.6 Å². The van der Waals surface area contributed by atoms with Crippen LogP contribution in [0.3, 0.4) is 0 Å². The lowest BCUT2D eigenvalue weighted by atomic mass is 10.2. The molecule has 0 fully saturated rings. The van der Waals surface area contributed by atoms with Crippen LogP contribution >= 0.6 is 11.3 Å². The molecule has 0 atom stereocenters. The molecule has 1 N–H and O–H groups in total. The molecule has 4 nitrogen and oxygen atoms in total. The lowest BCUT2D eigenvalue weighted by Crippen LogP contribution is -2.11. The van der Waals surface area contributed by atoms with E-state index in [0.717, 1.165) is 11.3 Å². The number of rotatable bonds is 3. The molecule has 0 saturated heterocycles. The first-order valence-corrected chi connectivity index (χ1v) is 8.64. The first-order chi connectivity index (χ1) is 12.5. The fourth-order valence-corrected chi connectivity index (χ4v) is 3.65. The molecule has 0 aliphatic heterocycles. The summed E-state index contributed by atoms with van der Waals surface area (Å²) < 4.78 is 27.9. The van der Waals surface area contributed by atoms with E-state index >= 15 is 0 Å². The molecule has 130 valence electrons. The van der Waals surface area contributed by atoms with Crippen molar-refractivity contribution >= 4 is 27.9 Å². The molecule has 0 radical (unpaired) electrons. The summed E-state index contributed by atoms with van der Waals surface area (Å²) in [4.78, 5) is 18.2. The number of fused-ring (bicyclic) bond motifs is 1. The van der Waals surface area contributed by atoms with Crippen LogP contribution in [-0.2, 0) is 0 Å². The van der Waals surface area contributed by atoms with Crippen molar-refractivity contribution in [2.75, 3.05) is 5.32 Å². The Labute approximate surface area is 151 Å². The Morgan fingerprint density at radius 3 is 2.27 bits per heavy atom. The van der Waals surface area contributed by atoms with Crippen LogP contribution in [0.25, 0.3) is 16.2 Å². The molecule has 0 unspecified atom stereocenters. The molecule has 7 heteroatoms. The molecule has 4 rings (SSSR count). The average molecular weight is 369 g/mol. The maximum absolute atomic E-state index is 13.1. The first kappa shape index (κ1) is 16.4. The zero-order chi connectivity index (χ0) is 18.3. The van der Waals surface area contributed by atoms with Gasteiger partial charge in [0.25, 0.3) is 5.91 Å². The van der Waals surface area contributed by atoms with Crippen LogP contribution in [0.15, 0.2) is 54.7 Å². The van der Waals surface area contributed by atoms with Crippen LogP contribution in [0.4, 0.5) is 14.5 Å². The Kier molecular flexibility index (Phi) is 4.00. The van der Waals surface area contributed by atoms with Crippen molar-refractivity contribution < 1.29 is 13.6 Å². The van der Waals surface area contributed by atoms with E-state index in [-0.39, 0.29) is 17.5 Å². The molecule has 1 amide bonds. The van der Waals surface area contributed by atoms with Gasteiger partial charge in [-0.3, -0.25) is 9.20 Å². The summed E-state index contributed by atoms with van der Waals surface area (Å²) in [7, 11) is 0. The Bertz CT molecular complexity index is 1100. The zero-order valence-corrected chi connectivity index (χ0v) is 14.5. The molecule has 0 spiro atoms. The lowest BCUT2D eigenvalue weighted by molar-refractivity contribution is 0.102. The topological polar surface area (TPSA) is 46.4 Å². The van der Waals surface area contributed by atoms with Gasteiger partial charge in [0.05, 0.1) is 5.69 Å². The number of nitrogens with one attached hydrogen (secondary N) is 1. The van der Waals surface area contributed by atoms with Crippen molar-refractivity contribution in [3.63, 3.8) is 0 Å². The van der Waals surface area contributed by atoms with Crippen molar-refractivity contribution in [3.05, 3.63) is 76.9 Å². The van der Waals surface area contributed by atoms with Crippen molar-refractivity contribution in [2.45, 2.75) is 6.92 Å². The minimum absolute atomic E-state index is 0.270. The van der Waals surface area contributed by atoms with E-state index in [2.05, 4.69) is 10.3 Å². The monoisotopic (exact) mass is 369 g/mol. The number of carbonyl (C=O) groups excluding carboxylic acids is 1. The normalized spacial score (nSPS) is 11.0. The summed E-state index contributed by atoms with van der Waals surface area (Å²) >= 11 is 1.26. The quantitative estimate of drug-likeness (QED) is 0.558. The molecule has 4 aromatic rings. The molecule has 2 heterocycles. The van der Waals surface area contributed by atoms with Crippen LogP contribution < -0.4 is 5.32 Å². The van der Waals surface area contributed by atoms with Crippen LogP contribution in [-0.4, -0.2) is 15.3 Å². The molecule has 0 saturated carbocycles. The van der Waals surface area contributed by atoms with E-state index in [1.54, 1.807) is 12.1 Å². The molecule has 26 heavy (non-hydrogen) atoms. The second kappa shape index (κ2) is 6.34. The predicted molar refractivity (Wildman–Crippen MR) is 97.6 cm³/mol. The van der Waals surface area contributed by atoms with E-state index in [0.29, 0.717) is 21.2 Å². The van der Waals surface area contributed by atoms with Gasteiger partial charge in [-0.2, -0.15) is 0 Å². The van der Waals surface area contributed by atoms with Gasteiger partial charge in [0.2, 0.25) is 0 Å². The van der Waals surface area contributed by atoms with E-state index in [1.165, 1.54) is 47.7 Å². The lowest BCUT2D eigenvalue weighted by Gasteiger charge is -2.04. The third-order valence-electron chi connectivity index (χ3n) is 4.01. The minimum Gasteiger partial charge on any atom is -0.321 e. The highest BCUT2D eigenvalue weighted by Crippen LogP contribution is 2.28. The molecule has 0 bridgehead atoms. The number of benzene rings is 2. The Hall–Kier alpha value is -3.06. The van der Waals surface area contributed by atoms with Crippen molar-refractivity contribution in [3.8, 4) is 11.3 Å². The maximum Gasteiger partial charge on any atom is 0.267 e. The molecule has 0 aliphatic rings. The third-order valence-corrected chi connectivity index (χ3v) is 5.16. The SMILES string of the molecule is Cc1c(C(=O)Nc2ccc(F)cc2)sc2nc(-c3ccc(F)cc3)cn12. The van der Waals surface area contributed by atoms with Gasteiger partial charge in [0.15, 0.2) is 4.96 Å². The van der Waals surface area contributed by atoms with Gasteiger partial charge in [-0.05, 0) is 55.5 Å². The standard InChI is InChI=1S/C19H13F2N3OS/c1-11-17(18(25)22-15-8-6-14(21)7-9-15)26-19-23-16(10-24(11)19)12-2-4-13(20)5-3-12/h2-10H,1H3,(H,22,25). The fraction of sp³-hybridized carbons (Fsp3) is 0.0526. The van der Waals surface area contributed by atoms with E-state index in [1.807, 2.05) is 17.5 Å². The fourth-order valence-electron chi connectivity index (χ4n) is 2.64. The second-order valence-electron chi connectivity index (χ2n) is 5.76. The maximum atomic E-state index is 13.1. The number of thiazole rings is 1. The molecule has 0 aliphatic carbocycles. The van der Waals surface area contributed by atoms with Crippen LogP contribution in [0.1, 0.15) is 15.4 Å². The number of carbonyl (C=O) groups is 1. The van der Waals surface area contributed by atoms with E-state index in [9.17, 15) is 13.6 Å². The number of aromatic nitrogens is 2. The molecular formula is C19H13F2N3OS. The average Bonchev–Trinajstić information content (AvgIpc) is 3.17. The largest absolute Gasteiger partial charge is 0.321 e. The Morgan fingerprint density at radius 1 is 1.04 bits per heavy atom. The number of hydrogen-bond acceptors (Lipinski definition) is 3. The van der Waals surface area contributed by atoms with Gasteiger partial charge in [0, 0.05) is 23.1 Å². The number of aryl methyl sites for hydroxylation is 1. The van der Waals surface area contributed by atoms with Crippen molar-refractivity contribution in [1.29, 1.82) is 0 Å². The summed E-state index contributed by atoms with van der Waals surface area (Å²) in [5.41, 5.74) is 2.79. The Balaban J connectivity index is 1.63. The van der Waals surface area contributed by atoms with Gasteiger partial charge in [-0.1, -0.05) is 11.3 Å². The summed E-state index contributed by atoms with van der Waals surface area (Å²) in [6.45, 7) is 1.83. The van der Waals surface area contributed by atoms with E-state index in [4.69, 9.17) is 0 Å². The number of halogens is 2. The number of imidazole rings is 1. The summed E-state index contributed by atoms with van der Waals surface area (Å²) in [5, 5.41) is 2.75. The summed E-state index contributed by atoms with van der Waals surface area (Å²) in [5.74, 6) is -0.930. The predicted octanol–water partition coefficient (Wildman–Crippen LogP) is 4.90. The number of nitrogens with zero attached hydrogens (tertiary/aromatic N) is 2. The van der Waals surface area contributed by atoms with Gasteiger partial charge < -0.3 is 5.32 Å². The van der Waals surface area contributed by atoms with Crippen LogP contribution in [0.5, 0.6) is 0 Å². The summed E-state index contributed by atoms with van der Waals surface area (Å²) in [6, 6.07) is 11.7. The van der Waals surface area contributed by atoms with Gasteiger partial charge in [0.1, 0.15) is 16.5 Å². The number of amides is 1. The van der Waals surface area contributed by atoms with Gasteiger partial charge >= 0.3 is 0 Å². The highest BCUT2D eigenvalue weighted by molar-refractivity contribution is 7.19. The number of hydrogen-bond donors (Lipinski definition) is 1. The smallest absolute Gasteiger partial charge is 0.267 e. The zero-order valence-electron chi connectivity index (χ0n) is 13.7. The van der Waals surface area contributed by atoms with E-state index < -0.39 is 0 Å². The first-order valence-electron chi connectivity index (χ1n) is 7.82. The van der Waals surface area contributed by atoms with Crippen molar-refractivity contribution in [1.82, 2.24) is 9.38 Å². The highest BCUT2D eigenvalue weighted by Gasteiger charge is 2.18. The molecule has 2 aromatic heterocycles. The third kappa shape index (κ3) is 2.97. The second-order valence-corrected chi connectivity index (χ2v) is 6.74. The molecule has 2 aromatic carbocycles. The summed E-state index contributed by atoms with van der Waals surface area (Å²) in [6.07, 6.45) is 1.82. The highest BCUT2D eigenvalue weighted by atomic mass is 32.1. The van der Waals surface area contributed by atoms with Gasteiger partial charge in [-0.15, -0.1) is 0 Å². The van der Waals surface area contributed by atoms with Gasteiger partial charge in [-0.25, -0.2) is 13.8 Å². The molecular weight excluding hydrogens is 356 g/mol. The number of anilines is 1. The van der Waals surface area contributed by atoms with Crippen molar-refractivity contribution in [2.24, 2.45) is 0 Å². The minimum atomic E-state index is -0.359.